The minimum absolute atomic E-state index is 0.158. The van der Waals surface area contributed by atoms with Crippen molar-refractivity contribution in [2.45, 2.75) is 4.90 Å². The molecule has 0 bridgehead atoms. The van der Waals surface area contributed by atoms with E-state index in [-0.39, 0.29) is 17.4 Å². The number of hydrogen-bond donors (Lipinski definition) is 0. The van der Waals surface area contributed by atoms with Crippen molar-refractivity contribution < 1.29 is 14.3 Å². The third-order valence-corrected chi connectivity index (χ3v) is 3.48. The number of carbonyl (C=O) groups excluding carboxylic acids is 1. The van der Waals surface area contributed by atoms with Crippen molar-refractivity contribution in [2.24, 2.45) is 0 Å². The van der Waals surface area contributed by atoms with Crippen molar-refractivity contribution in [3.05, 3.63) is 41.7 Å². The number of nitrogens with zero attached hydrogens (tertiary/aromatic N) is 2. The van der Waals surface area contributed by atoms with Crippen molar-refractivity contribution in [1.29, 1.82) is 0 Å². The first-order valence-corrected chi connectivity index (χ1v) is 7.06. The Bertz CT molecular complexity index is 632. The highest BCUT2D eigenvalue weighted by Gasteiger charge is 2.20. The number of thioether (sulfide) groups is 1. The number of rotatable bonds is 5. The van der Waals surface area contributed by atoms with Crippen molar-refractivity contribution in [3.63, 3.8) is 0 Å². The first-order valence-electron chi connectivity index (χ1n) is 5.84. The summed E-state index contributed by atoms with van der Waals surface area (Å²) in [6.07, 6.45) is 3.32. The second-order valence-corrected chi connectivity index (χ2v) is 4.65. The summed E-state index contributed by atoms with van der Waals surface area (Å²) in [6, 6.07) is 7.36. The molecule has 0 aliphatic carbocycles. The van der Waals surface area contributed by atoms with Gasteiger partial charge >= 0.3 is 0 Å². The van der Waals surface area contributed by atoms with Gasteiger partial charge in [-0.3, -0.25) is 4.79 Å². The zero-order valence-electron chi connectivity index (χ0n) is 11.4. The van der Waals surface area contributed by atoms with Gasteiger partial charge < -0.3 is 9.47 Å². The summed E-state index contributed by atoms with van der Waals surface area (Å²) in [6.45, 7) is 0. The fourth-order valence-electron chi connectivity index (χ4n) is 1.71. The molecule has 1 heterocycles. The first kappa shape index (κ1) is 14.3. The number of hydrogen-bond acceptors (Lipinski definition) is 6. The lowest BCUT2D eigenvalue weighted by Gasteiger charge is -2.09. The van der Waals surface area contributed by atoms with Crippen molar-refractivity contribution in [3.8, 4) is 11.8 Å². The second-order valence-electron chi connectivity index (χ2n) is 3.80. The van der Waals surface area contributed by atoms with E-state index < -0.39 is 0 Å². The standard InChI is InChI=1S/C14H14N2O3S/c1-18-11-8-15-12(14(16-11)19-2)13(17)9-6-4-5-7-10(9)20-3/h4-8H,1-3H3. The fraction of sp³-hybridized carbons (Fsp3) is 0.214. The molecule has 0 aliphatic rings. The summed E-state index contributed by atoms with van der Waals surface area (Å²) >= 11 is 1.51. The van der Waals surface area contributed by atoms with Gasteiger partial charge in [0.25, 0.3) is 0 Å². The maximum atomic E-state index is 12.6. The van der Waals surface area contributed by atoms with Crippen LogP contribution < -0.4 is 9.47 Å². The van der Waals surface area contributed by atoms with E-state index in [1.54, 1.807) is 6.07 Å². The molecular weight excluding hydrogens is 276 g/mol. The highest BCUT2D eigenvalue weighted by Crippen LogP contribution is 2.25. The van der Waals surface area contributed by atoms with Crippen molar-refractivity contribution >= 4 is 17.5 Å². The topological polar surface area (TPSA) is 61.3 Å². The predicted octanol–water partition coefficient (Wildman–Crippen LogP) is 2.45. The van der Waals surface area contributed by atoms with Crippen LogP contribution in [0.2, 0.25) is 0 Å². The molecule has 0 radical (unpaired) electrons. The number of benzene rings is 1. The van der Waals surface area contributed by atoms with E-state index in [1.165, 1.54) is 32.2 Å². The number of methoxy groups -OCH3 is 2. The summed E-state index contributed by atoms with van der Waals surface area (Å²) in [5.41, 5.74) is 0.757. The van der Waals surface area contributed by atoms with E-state index >= 15 is 0 Å². The third-order valence-electron chi connectivity index (χ3n) is 2.69. The lowest BCUT2D eigenvalue weighted by molar-refractivity contribution is 0.102. The maximum Gasteiger partial charge on any atom is 0.247 e. The molecule has 0 spiro atoms. The Kier molecular flexibility index (Phi) is 4.57. The smallest absolute Gasteiger partial charge is 0.247 e. The number of aromatic nitrogens is 2. The van der Waals surface area contributed by atoms with Gasteiger partial charge in [0, 0.05) is 10.5 Å². The Morgan fingerprint density at radius 3 is 2.60 bits per heavy atom. The van der Waals surface area contributed by atoms with Crippen LogP contribution in [0.5, 0.6) is 11.8 Å². The van der Waals surface area contributed by atoms with E-state index in [1.807, 2.05) is 24.5 Å². The predicted molar refractivity (Wildman–Crippen MR) is 76.8 cm³/mol. The summed E-state index contributed by atoms with van der Waals surface area (Å²) in [7, 11) is 2.93. The lowest BCUT2D eigenvalue weighted by atomic mass is 10.1. The van der Waals surface area contributed by atoms with Gasteiger partial charge in [-0.1, -0.05) is 12.1 Å². The summed E-state index contributed by atoms with van der Waals surface area (Å²) < 4.78 is 10.1. The molecule has 20 heavy (non-hydrogen) atoms. The molecule has 104 valence electrons. The van der Waals surface area contributed by atoms with Crippen LogP contribution in [0.4, 0.5) is 0 Å². The van der Waals surface area contributed by atoms with Crippen LogP contribution in [0.25, 0.3) is 0 Å². The Morgan fingerprint density at radius 2 is 1.95 bits per heavy atom. The van der Waals surface area contributed by atoms with E-state index in [9.17, 15) is 4.79 Å². The van der Waals surface area contributed by atoms with Gasteiger partial charge in [-0.05, 0) is 18.4 Å². The van der Waals surface area contributed by atoms with Crippen LogP contribution in [0.15, 0.2) is 35.4 Å². The maximum absolute atomic E-state index is 12.6. The molecule has 0 saturated heterocycles. The second kappa shape index (κ2) is 6.38. The fourth-order valence-corrected chi connectivity index (χ4v) is 2.31. The molecule has 0 atom stereocenters. The van der Waals surface area contributed by atoms with Gasteiger partial charge in [0.05, 0.1) is 20.4 Å². The first-order chi connectivity index (χ1) is 9.71. The zero-order valence-corrected chi connectivity index (χ0v) is 12.2. The van der Waals surface area contributed by atoms with Crippen LogP contribution in [0.3, 0.4) is 0 Å². The molecule has 0 fully saturated rings. The van der Waals surface area contributed by atoms with Gasteiger partial charge in [0.2, 0.25) is 17.5 Å². The Hall–Kier alpha value is -2.08. The number of ketones is 1. The highest BCUT2D eigenvalue weighted by molar-refractivity contribution is 7.98. The number of carbonyl (C=O) groups is 1. The molecule has 2 aromatic rings. The Labute approximate surface area is 121 Å². The molecule has 1 aromatic carbocycles. The van der Waals surface area contributed by atoms with Crippen molar-refractivity contribution in [1.82, 2.24) is 9.97 Å². The molecule has 0 unspecified atom stereocenters. The van der Waals surface area contributed by atoms with Crippen molar-refractivity contribution in [2.75, 3.05) is 20.5 Å². The molecule has 0 N–H and O–H groups in total. The molecule has 5 nitrogen and oxygen atoms in total. The van der Waals surface area contributed by atoms with Gasteiger partial charge in [-0.15, -0.1) is 11.8 Å². The SMILES string of the molecule is COc1cnc(C(=O)c2ccccc2SC)c(OC)n1. The van der Waals surface area contributed by atoms with Crippen LogP contribution in [-0.4, -0.2) is 36.2 Å². The van der Waals surface area contributed by atoms with Crippen LogP contribution in [0, 0.1) is 0 Å². The van der Waals surface area contributed by atoms with Crippen LogP contribution in [0.1, 0.15) is 16.1 Å². The molecule has 0 aliphatic heterocycles. The summed E-state index contributed by atoms with van der Waals surface area (Å²) in [5, 5.41) is 0. The normalized spacial score (nSPS) is 10.2. The highest BCUT2D eigenvalue weighted by atomic mass is 32.2. The minimum Gasteiger partial charge on any atom is -0.480 e. The molecule has 0 amide bonds. The molecule has 0 saturated carbocycles. The van der Waals surface area contributed by atoms with Crippen LogP contribution in [-0.2, 0) is 0 Å². The minimum atomic E-state index is -0.220. The van der Waals surface area contributed by atoms with E-state index in [0.717, 1.165) is 4.90 Å². The molecule has 1 aromatic heterocycles. The average Bonchev–Trinajstić information content (AvgIpc) is 2.53. The molecule has 2 rings (SSSR count). The quantitative estimate of drug-likeness (QED) is 0.622. The zero-order chi connectivity index (χ0) is 14.5. The number of ether oxygens (including phenoxy) is 2. The van der Waals surface area contributed by atoms with E-state index in [4.69, 9.17) is 9.47 Å². The summed E-state index contributed by atoms with van der Waals surface area (Å²) in [4.78, 5) is 21.6. The molecule has 6 heteroatoms. The monoisotopic (exact) mass is 290 g/mol. The average molecular weight is 290 g/mol. The van der Waals surface area contributed by atoms with Gasteiger partial charge in [0.1, 0.15) is 0 Å². The summed E-state index contributed by atoms with van der Waals surface area (Å²) in [5.74, 6) is 0.240. The Balaban J connectivity index is 2.48. The lowest BCUT2D eigenvalue weighted by Crippen LogP contribution is -2.09. The van der Waals surface area contributed by atoms with Gasteiger partial charge in [-0.25, -0.2) is 4.98 Å². The molecular formula is C14H14N2O3S. The van der Waals surface area contributed by atoms with Gasteiger partial charge in [-0.2, -0.15) is 4.98 Å². The van der Waals surface area contributed by atoms with E-state index in [2.05, 4.69) is 9.97 Å². The largest absolute Gasteiger partial charge is 0.480 e. The Morgan fingerprint density at radius 1 is 1.20 bits per heavy atom. The van der Waals surface area contributed by atoms with E-state index in [0.29, 0.717) is 11.4 Å². The van der Waals surface area contributed by atoms with Crippen LogP contribution >= 0.6 is 11.8 Å². The third kappa shape index (κ3) is 2.75. The van der Waals surface area contributed by atoms with Gasteiger partial charge in [0.15, 0.2) is 5.69 Å².